The lowest BCUT2D eigenvalue weighted by Crippen LogP contribution is -2.65. The van der Waals surface area contributed by atoms with Crippen LogP contribution in [-0.2, 0) is 9.78 Å². The minimum Gasteiger partial charge on any atom is -0.229 e. The van der Waals surface area contributed by atoms with Crippen LogP contribution in [-0.4, -0.2) is 11.7 Å². The maximum absolute atomic E-state index is 5.58. The van der Waals surface area contributed by atoms with E-state index in [1.54, 1.807) is 0 Å². The van der Waals surface area contributed by atoms with Crippen molar-refractivity contribution in [3.8, 4) is 0 Å². The summed E-state index contributed by atoms with van der Waals surface area (Å²) >= 11 is 0. The molecule has 1 aliphatic heterocycles. The molecule has 0 aromatic heterocycles. The molecule has 0 spiro atoms. The highest BCUT2D eigenvalue weighted by molar-refractivity contribution is 5.09. The molecule has 0 aromatic carbocycles. The van der Waals surface area contributed by atoms with Crippen LogP contribution < -0.4 is 0 Å². The van der Waals surface area contributed by atoms with Gasteiger partial charge in [-0.05, 0) is 41.9 Å². The van der Waals surface area contributed by atoms with E-state index in [2.05, 4.69) is 48.5 Å². The Morgan fingerprint density at radius 2 is 1.58 bits per heavy atom. The minimum atomic E-state index is 0.0365. The van der Waals surface area contributed by atoms with Crippen molar-refractivity contribution < 1.29 is 9.78 Å². The Morgan fingerprint density at radius 3 is 1.89 bits per heavy atom. The Morgan fingerprint density at radius 1 is 1.00 bits per heavy atom. The predicted octanol–water partition coefficient (Wildman–Crippen LogP) is 5.12. The molecule has 0 bridgehead atoms. The quantitative estimate of drug-likeness (QED) is 0.647. The van der Waals surface area contributed by atoms with Crippen LogP contribution in [0.1, 0.15) is 80.6 Å². The summed E-state index contributed by atoms with van der Waals surface area (Å²) in [5, 5.41) is 0. The van der Waals surface area contributed by atoms with Gasteiger partial charge < -0.3 is 0 Å². The first-order chi connectivity index (χ1) is 8.58. The number of fused-ring (bicyclic) bond motifs is 1. The van der Waals surface area contributed by atoms with E-state index in [9.17, 15) is 0 Å². The topological polar surface area (TPSA) is 18.5 Å². The van der Waals surface area contributed by atoms with E-state index in [0.29, 0.717) is 22.3 Å². The summed E-state index contributed by atoms with van der Waals surface area (Å²) in [6, 6.07) is 0. The van der Waals surface area contributed by atoms with Gasteiger partial charge in [0.1, 0.15) is 11.7 Å². The standard InChI is InChI=1S/C17H32O2/c1-8-9-16-10-11-17(14(2,3)4,15(5,6)7)12-13(16)18-19-16/h13H,8-12H2,1-7H3. The third kappa shape index (κ3) is 2.15. The fraction of sp³-hybridized carbons (Fsp3) is 1.00. The first-order valence-electron chi connectivity index (χ1n) is 7.92. The van der Waals surface area contributed by atoms with Crippen molar-refractivity contribution in [2.75, 3.05) is 0 Å². The lowest BCUT2D eigenvalue weighted by molar-refractivity contribution is -0.527. The summed E-state index contributed by atoms with van der Waals surface area (Å²) in [6.45, 7) is 16.6. The third-order valence-corrected chi connectivity index (χ3v) is 5.97. The molecule has 2 heteroatoms. The van der Waals surface area contributed by atoms with Crippen LogP contribution in [0.5, 0.6) is 0 Å². The van der Waals surface area contributed by atoms with Crippen LogP contribution in [0.15, 0.2) is 0 Å². The lowest BCUT2D eigenvalue weighted by Gasteiger charge is -2.63. The van der Waals surface area contributed by atoms with Gasteiger partial charge in [0.2, 0.25) is 0 Å². The van der Waals surface area contributed by atoms with Gasteiger partial charge in [0, 0.05) is 0 Å². The van der Waals surface area contributed by atoms with E-state index in [1.165, 1.54) is 12.8 Å². The maximum atomic E-state index is 5.58. The summed E-state index contributed by atoms with van der Waals surface area (Å²) in [5.41, 5.74) is 0.950. The van der Waals surface area contributed by atoms with Crippen molar-refractivity contribution in [3.05, 3.63) is 0 Å². The van der Waals surface area contributed by atoms with Crippen LogP contribution in [0.25, 0.3) is 0 Å². The Kier molecular flexibility index (Phi) is 3.59. The Labute approximate surface area is 119 Å². The van der Waals surface area contributed by atoms with Gasteiger partial charge in [-0.1, -0.05) is 54.9 Å². The maximum Gasteiger partial charge on any atom is 0.133 e. The van der Waals surface area contributed by atoms with Crippen molar-refractivity contribution in [1.82, 2.24) is 0 Å². The number of rotatable bonds is 2. The Balaban J connectivity index is 2.27. The van der Waals surface area contributed by atoms with Gasteiger partial charge in [-0.25, -0.2) is 9.78 Å². The normalized spacial score (nSPS) is 34.6. The van der Waals surface area contributed by atoms with Crippen molar-refractivity contribution >= 4 is 0 Å². The molecule has 2 fully saturated rings. The summed E-state index contributed by atoms with van der Waals surface area (Å²) < 4.78 is 0. The Bertz CT molecular complexity index is 320. The highest BCUT2D eigenvalue weighted by atomic mass is 17.3. The SMILES string of the molecule is CCCC12CCC(C(C)(C)C)(C(C)(C)C)CC1OO2. The van der Waals surface area contributed by atoms with Crippen molar-refractivity contribution in [2.45, 2.75) is 92.3 Å². The monoisotopic (exact) mass is 268 g/mol. The van der Waals surface area contributed by atoms with Crippen LogP contribution in [0.4, 0.5) is 0 Å². The molecule has 2 atom stereocenters. The second-order valence-corrected chi connectivity index (χ2v) is 8.77. The minimum absolute atomic E-state index is 0.0365. The molecule has 112 valence electrons. The molecular formula is C17H32O2. The van der Waals surface area contributed by atoms with Crippen molar-refractivity contribution in [2.24, 2.45) is 16.2 Å². The number of hydrogen-bond acceptors (Lipinski definition) is 2. The van der Waals surface area contributed by atoms with Crippen LogP contribution >= 0.6 is 0 Å². The second-order valence-electron chi connectivity index (χ2n) is 8.77. The third-order valence-electron chi connectivity index (χ3n) is 5.97. The zero-order chi connectivity index (χ0) is 14.5. The molecule has 1 saturated heterocycles. The molecule has 2 aliphatic rings. The van der Waals surface area contributed by atoms with E-state index < -0.39 is 0 Å². The Hall–Kier alpha value is -0.0800. The summed E-state index contributed by atoms with van der Waals surface area (Å²) in [5.74, 6) is 0. The van der Waals surface area contributed by atoms with Crippen molar-refractivity contribution in [3.63, 3.8) is 0 Å². The van der Waals surface area contributed by atoms with Gasteiger partial charge >= 0.3 is 0 Å². The zero-order valence-corrected chi connectivity index (χ0v) is 13.9. The van der Waals surface area contributed by atoms with E-state index in [4.69, 9.17) is 9.78 Å². The lowest BCUT2D eigenvalue weighted by atomic mass is 9.46. The van der Waals surface area contributed by atoms with Gasteiger partial charge in [-0.3, -0.25) is 0 Å². The van der Waals surface area contributed by atoms with Gasteiger partial charge in [-0.2, -0.15) is 0 Å². The molecule has 2 unspecified atom stereocenters. The second kappa shape index (κ2) is 4.46. The average molecular weight is 268 g/mol. The molecule has 1 aliphatic carbocycles. The highest BCUT2D eigenvalue weighted by Crippen LogP contribution is 2.64. The molecule has 0 N–H and O–H groups in total. The highest BCUT2D eigenvalue weighted by Gasteiger charge is 2.63. The average Bonchev–Trinajstić information content (AvgIpc) is 2.21. The van der Waals surface area contributed by atoms with Crippen LogP contribution in [0, 0.1) is 16.2 Å². The summed E-state index contributed by atoms with van der Waals surface area (Å²) in [6.07, 6.45) is 6.17. The van der Waals surface area contributed by atoms with Crippen molar-refractivity contribution in [1.29, 1.82) is 0 Å². The first-order valence-corrected chi connectivity index (χ1v) is 7.92. The fourth-order valence-corrected chi connectivity index (χ4v) is 4.76. The van der Waals surface area contributed by atoms with Gasteiger partial charge in [0.05, 0.1) is 0 Å². The van der Waals surface area contributed by atoms with E-state index in [1.807, 2.05) is 0 Å². The molecule has 2 rings (SSSR count). The first kappa shape index (κ1) is 15.3. The predicted molar refractivity (Wildman–Crippen MR) is 78.8 cm³/mol. The molecule has 19 heavy (non-hydrogen) atoms. The smallest absolute Gasteiger partial charge is 0.133 e. The molecule has 1 heterocycles. The van der Waals surface area contributed by atoms with E-state index in [-0.39, 0.29) is 5.60 Å². The molecule has 1 saturated carbocycles. The largest absolute Gasteiger partial charge is 0.229 e. The fourth-order valence-electron chi connectivity index (χ4n) is 4.76. The molecular weight excluding hydrogens is 236 g/mol. The number of hydrogen-bond donors (Lipinski definition) is 0. The molecule has 2 nitrogen and oxygen atoms in total. The summed E-state index contributed by atoms with van der Waals surface area (Å²) in [4.78, 5) is 11.1. The van der Waals surface area contributed by atoms with E-state index in [0.717, 1.165) is 19.3 Å². The molecule has 0 aromatic rings. The van der Waals surface area contributed by atoms with Gasteiger partial charge in [0.25, 0.3) is 0 Å². The molecule has 0 radical (unpaired) electrons. The van der Waals surface area contributed by atoms with E-state index >= 15 is 0 Å². The van der Waals surface area contributed by atoms with Crippen LogP contribution in [0.3, 0.4) is 0 Å². The van der Waals surface area contributed by atoms with Gasteiger partial charge in [0.15, 0.2) is 0 Å². The van der Waals surface area contributed by atoms with Gasteiger partial charge in [-0.15, -0.1) is 0 Å². The molecule has 0 amide bonds. The summed E-state index contributed by atoms with van der Waals surface area (Å²) in [7, 11) is 0. The zero-order valence-electron chi connectivity index (χ0n) is 13.9. The van der Waals surface area contributed by atoms with Crippen LogP contribution in [0.2, 0.25) is 0 Å².